The molecule has 0 radical (unpaired) electrons. The molecule has 158 valence electrons. The number of esters is 1. The van der Waals surface area contributed by atoms with Crippen LogP contribution in [0.5, 0.6) is 11.5 Å². The number of carbonyl (C=O) groups excluding carboxylic acids is 3. The Morgan fingerprint density at radius 3 is 2.69 bits per heavy atom. The molecule has 0 unspecified atom stereocenters. The van der Waals surface area contributed by atoms with Crippen molar-refractivity contribution < 1.29 is 28.6 Å². The number of nitrogens with zero attached hydrogens (tertiary/aromatic N) is 1. The van der Waals surface area contributed by atoms with Gasteiger partial charge in [-0.1, -0.05) is 18.5 Å². The minimum Gasteiger partial charge on any atom is -0.490 e. The number of ether oxygens (including phenoxy) is 3. The Morgan fingerprint density at radius 1 is 1.31 bits per heavy atom. The highest BCUT2D eigenvalue weighted by Gasteiger charge is 2.31. The van der Waals surface area contributed by atoms with Crippen LogP contribution in [0, 0.1) is 0 Å². The van der Waals surface area contributed by atoms with E-state index in [1.54, 1.807) is 12.1 Å². The molecule has 29 heavy (non-hydrogen) atoms. The average Bonchev–Trinajstić information content (AvgIpc) is 3.11. The zero-order valence-electron chi connectivity index (χ0n) is 16.7. The van der Waals surface area contributed by atoms with E-state index in [0.717, 1.165) is 11.3 Å². The summed E-state index contributed by atoms with van der Waals surface area (Å²) in [6.45, 7) is 6.81. The fraction of sp³-hybridized carbons (Fsp3) is 0.450. The first-order valence-corrected chi connectivity index (χ1v) is 9.82. The molecule has 1 aromatic rings. The molecular formula is C20H25ClN2O6. The molecule has 1 fully saturated rings. The van der Waals surface area contributed by atoms with Crippen molar-refractivity contribution in [2.75, 3.05) is 26.3 Å². The second-order valence-electron chi connectivity index (χ2n) is 6.25. The van der Waals surface area contributed by atoms with Crippen molar-refractivity contribution in [2.24, 2.45) is 0 Å². The van der Waals surface area contributed by atoms with Crippen molar-refractivity contribution in [2.45, 2.75) is 33.3 Å². The lowest BCUT2D eigenvalue weighted by atomic mass is 10.2. The third kappa shape index (κ3) is 6.12. The molecule has 1 atom stereocenters. The normalized spacial score (nSPS) is 14.6. The van der Waals surface area contributed by atoms with Crippen LogP contribution >= 0.6 is 11.6 Å². The molecule has 2 rings (SSSR count). The zero-order valence-corrected chi connectivity index (χ0v) is 17.5. The monoisotopic (exact) mass is 424 g/mol. The minimum atomic E-state index is -1.08. The van der Waals surface area contributed by atoms with Crippen LogP contribution in [0.3, 0.4) is 0 Å². The average molecular weight is 425 g/mol. The van der Waals surface area contributed by atoms with Gasteiger partial charge in [0.25, 0.3) is 5.91 Å². The van der Waals surface area contributed by atoms with Crippen LogP contribution in [-0.2, 0) is 14.3 Å². The topological polar surface area (TPSA) is 94.2 Å². The number of amides is 3. The Morgan fingerprint density at radius 2 is 2.07 bits per heavy atom. The highest BCUT2D eigenvalue weighted by molar-refractivity contribution is 6.32. The second kappa shape index (κ2) is 10.7. The Labute approximate surface area is 174 Å². The second-order valence-corrected chi connectivity index (χ2v) is 6.65. The molecule has 0 aromatic heterocycles. The number of hydrogen-bond acceptors (Lipinski definition) is 6. The summed E-state index contributed by atoms with van der Waals surface area (Å²) < 4.78 is 16.3. The molecule has 0 spiro atoms. The Balaban J connectivity index is 2.04. The molecule has 1 N–H and O–H groups in total. The Bertz CT molecular complexity index is 795. The molecule has 0 saturated carbocycles. The van der Waals surface area contributed by atoms with E-state index in [9.17, 15) is 14.4 Å². The molecule has 9 heteroatoms. The predicted octanol–water partition coefficient (Wildman–Crippen LogP) is 3.02. The van der Waals surface area contributed by atoms with Crippen LogP contribution in [0.15, 0.2) is 18.2 Å². The number of halogens is 1. The van der Waals surface area contributed by atoms with Gasteiger partial charge in [-0.15, -0.1) is 0 Å². The van der Waals surface area contributed by atoms with Crippen LogP contribution < -0.4 is 14.8 Å². The first kappa shape index (κ1) is 22.5. The summed E-state index contributed by atoms with van der Waals surface area (Å²) in [4.78, 5) is 36.8. The van der Waals surface area contributed by atoms with Crippen molar-refractivity contribution in [3.05, 3.63) is 28.8 Å². The quantitative estimate of drug-likeness (QED) is 0.483. The lowest BCUT2D eigenvalue weighted by Gasteiger charge is -2.17. The van der Waals surface area contributed by atoms with Crippen LogP contribution in [0.2, 0.25) is 5.02 Å². The summed E-state index contributed by atoms with van der Waals surface area (Å²) in [6, 6.07) is 2.85. The predicted molar refractivity (Wildman–Crippen MR) is 108 cm³/mol. The molecule has 1 aliphatic heterocycles. The van der Waals surface area contributed by atoms with E-state index in [0.29, 0.717) is 41.8 Å². The SMILES string of the molecule is CCCOc1c(Cl)cc(/C=C/C(=O)O[C@H](C)C(=O)N2CCNC2=O)cc1OCC. The van der Waals surface area contributed by atoms with Gasteiger partial charge in [0, 0.05) is 19.2 Å². The van der Waals surface area contributed by atoms with Gasteiger partial charge in [0.2, 0.25) is 0 Å². The van der Waals surface area contributed by atoms with Crippen molar-refractivity contribution in [1.29, 1.82) is 0 Å². The van der Waals surface area contributed by atoms with Crippen molar-refractivity contribution >= 4 is 35.6 Å². The standard InChI is InChI=1S/C20H25ClN2O6/c1-4-10-28-18-15(21)11-14(12-16(18)27-5-2)6-7-17(24)29-13(3)19(25)23-9-8-22-20(23)26/h6-7,11-13H,4-5,8-10H2,1-3H3,(H,22,26)/b7-6+/t13-/m1/s1. The number of rotatable bonds is 9. The van der Waals surface area contributed by atoms with Gasteiger partial charge in [0.15, 0.2) is 17.6 Å². The lowest BCUT2D eigenvalue weighted by Crippen LogP contribution is -2.41. The van der Waals surface area contributed by atoms with E-state index in [4.69, 9.17) is 25.8 Å². The minimum absolute atomic E-state index is 0.251. The van der Waals surface area contributed by atoms with Gasteiger partial charge < -0.3 is 19.5 Å². The van der Waals surface area contributed by atoms with Crippen molar-refractivity contribution in [3.63, 3.8) is 0 Å². The number of benzene rings is 1. The molecule has 1 aliphatic rings. The third-order valence-electron chi connectivity index (χ3n) is 3.96. The van der Waals surface area contributed by atoms with Crippen molar-refractivity contribution in [1.82, 2.24) is 10.2 Å². The van der Waals surface area contributed by atoms with Crippen LogP contribution in [0.4, 0.5) is 4.79 Å². The summed E-state index contributed by atoms with van der Waals surface area (Å²) in [5, 5.41) is 2.88. The molecule has 3 amide bonds. The van der Waals surface area contributed by atoms with Gasteiger partial charge in [0.1, 0.15) is 0 Å². The molecule has 0 aliphatic carbocycles. The van der Waals surface area contributed by atoms with Crippen LogP contribution in [0.1, 0.15) is 32.8 Å². The largest absolute Gasteiger partial charge is 0.490 e. The molecule has 0 bridgehead atoms. The van der Waals surface area contributed by atoms with Gasteiger partial charge in [-0.2, -0.15) is 0 Å². The summed E-state index contributed by atoms with van der Waals surface area (Å²) in [7, 11) is 0. The van der Waals surface area contributed by atoms with E-state index >= 15 is 0 Å². The maximum absolute atomic E-state index is 12.2. The van der Waals surface area contributed by atoms with Crippen LogP contribution in [-0.4, -0.2) is 55.2 Å². The third-order valence-corrected chi connectivity index (χ3v) is 4.24. The van der Waals surface area contributed by atoms with E-state index < -0.39 is 24.0 Å². The molecule has 8 nitrogen and oxygen atoms in total. The van der Waals surface area contributed by atoms with Crippen molar-refractivity contribution in [3.8, 4) is 11.5 Å². The van der Waals surface area contributed by atoms with Gasteiger partial charge in [-0.05, 0) is 44.0 Å². The zero-order chi connectivity index (χ0) is 21.4. The maximum Gasteiger partial charge on any atom is 0.331 e. The summed E-state index contributed by atoms with van der Waals surface area (Å²) in [6.07, 6.45) is 2.43. The first-order chi connectivity index (χ1) is 13.9. The number of hydrogen-bond donors (Lipinski definition) is 1. The van der Waals surface area contributed by atoms with E-state index in [1.165, 1.54) is 19.1 Å². The van der Waals surface area contributed by atoms with Gasteiger partial charge in [0.05, 0.1) is 18.2 Å². The van der Waals surface area contributed by atoms with E-state index in [1.807, 2.05) is 13.8 Å². The smallest absolute Gasteiger partial charge is 0.331 e. The molecular weight excluding hydrogens is 400 g/mol. The molecule has 1 heterocycles. The Hall–Kier alpha value is -2.74. The maximum atomic E-state index is 12.2. The van der Waals surface area contributed by atoms with Gasteiger partial charge in [-0.25, -0.2) is 9.59 Å². The summed E-state index contributed by atoms with van der Waals surface area (Å²) in [5.74, 6) is -0.352. The number of nitrogens with one attached hydrogen (secondary N) is 1. The van der Waals surface area contributed by atoms with Gasteiger partial charge >= 0.3 is 12.0 Å². The molecule has 1 aromatic carbocycles. The molecule has 1 saturated heterocycles. The summed E-state index contributed by atoms with van der Waals surface area (Å²) in [5.41, 5.74) is 0.608. The fourth-order valence-corrected chi connectivity index (χ4v) is 2.89. The van der Waals surface area contributed by atoms with E-state index in [2.05, 4.69) is 5.32 Å². The number of carbonyl (C=O) groups is 3. The highest BCUT2D eigenvalue weighted by atomic mass is 35.5. The lowest BCUT2D eigenvalue weighted by molar-refractivity contribution is -0.153. The van der Waals surface area contributed by atoms with Gasteiger partial charge in [-0.3, -0.25) is 9.69 Å². The highest BCUT2D eigenvalue weighted by Crippen LogP contribution is 2.37. The fourth-order valence-electron chi connectivity index (χ4n) is 2.62. The number of imide groups is 1. The number of urea groups is 1. The van der Waals surface area contributed by atoms with E-state index in [-0.39, 0.29) is 6.54 Å². The first-order valence-electron chi connectivity index (χ1n) is 9.44. The van der Waals surface area contributed by atoms with Crippen LogP contribution in [0.25, 0.3) is 6.08 Å². The summed E-state index contributed by atoms with van der Waals surface area (Å²) >= 11 is 6.29. The Kier molecular flexibility index (Phi) is 8.33.